The maximum absolute atomic E-state index is 14.1. The first kappa shape index (κ1) is 93.1. The summed E-state index contributed by atoms with van der Waals surface area (Å²) in [5, 5.41) is 18.1. The Morgan fingerprint density at radius 1 is 0.326 bits per heavy atom. The molecule has 16 aromatic rings. The van der Waals surface area contributed by atoms with Gasteiger partial charge < -0.3 is 67.1 Å². The second-order valence-electron chi connectivity index (χ2n) is 29.4. The molecule has 39 heteroatoms. The summed E-state index contributed by atoms with van der Waals surface area (Å²) in [6.45, 7) is 39.4. The van der Waals surface area contributed by atoms with E-state index in [9.17, 15) is 32.3 Å². The number of rotatable bonds is 20. The molecule has 20 N–H and O–H groups in total. The molecule has 0 radical (unpaired) electrons. The van der Waals surface area contributed by atoms with Crippen LogP contribution in [-0.2, 0) is 0 Å². The smallest absolute Gasteiger partial charge is 0.268 e. The summed E-state index contributed by atoms with van der Waals surface area (Å²) in [4.78, 5) is 100. The first-order valence-corrected chi connectivity index (χ1v) is 41.9. The Hall–Kier alpha value is -16.6. The van der Waals surface area contributed by atoms with Gasteiger partial charge in [0.15, 0.2) is 0 Å². The molecule has 4 atom stereocenters. The van der Waals surface area contributed by atoms with Gasteiger partial charge >= 0.3 is 0 Å². The highest BCUT2D eigenvalue weighted by molar-refractivity contribution is 6.37. The highest BCUT2D eigenvalue weighted by atomic mass is 35.5. The number of aromatic nitrogens is 12. The summed E-state index contributed by atoms with van der Waals surface area (Å²) in [5.41, 5.74) is 50.3. The zero-order chi connectivity index (χ0) is 94.8. The Kier molecular flexibility index (Phi) is 28.3. The maximum Gasteiger partial charge on any atom is 0.268 e. The summed E-state index contributed by atoms with van der Waals surface area (Å²) in [5.74, 6) is -1.92. The van der Waals surface area contributed by atoms with E-state index in [1.165, 1.54) is 33.4 Å². The molecule has 8 heterocycles. The van der Waals surface area contributed by atoms with E-state index in [2.05, 4.69) is 80.5 Å². The van der Waals surface area contributed by atoms with E-state index in [-0.39, 0.29) is 132 Å². The summed E-state index contributed by atoms with van der Waals surface area (Å²) in [6, 6.07) is 51.7. The Bertz CT molecular complexity index is 7650. The van der Waals surface area contributed by atoms with Crippen LogP contribution in [0.2, 0.25) is 20.1 Å². The lowest BCUT2D eigenvalue weighted by Gasteiger charge is -2.25. The molecule has 8 aromatic heterocycles. The Balaban J connectivity index is 0.000000150. The van der Waals surface area contributed by atoms with E-state index in [0.29, 0.717) is 108 Å². The second-order valence-corrected chi connectivity index (χ2v) is 31.0. The molecule has 0 amide bonds. The van der Waals surface area contributed by atoms with Gasteiger partial charge in [0.25, 0.3) is 45.0 Å². The summed E-state index contributed by atoms with van der Waals surface area (Å²) >= 11 is 25.5. The lowest BCUT2D eigenvalue weighted by atomic mass is 10.0. The largest absolute Gasteiger partial charge is 0.392 e. The molecule has 8 aromatic carbocycles. The minimum absolute atomic E-state index is 0.00330. The minimum atomic E-state index is -0.847. The van der Waals surface area contributed by atoms with Gasteiger partial charge in [-0.05, 0) is 163 Å². The molecule has 0 aliphatic carbocycles. The van der Waals surface area contributed by atoms with Crippen molar-refractivity contribution in [1.29, 1.82) is 0 Å². The number of nitrogens with zero attached hydrogens (tertiary/aromatic N) is 16. The third-order valence-electron chi connectivity index (χ3n) is 21.1. The number of nitrogen functional groups attached to an aromatic ring is 8. The Morgan fingerprint density at radius 3 is 0.894 bits per heavy atom. The van der Waals surface area contributed by atoms with Gasteiger partial charge in [0, 0.05) is 40.2 Å². The van der Waals surface area contributed by atoms with Gasteiger partial charge in [-0.1, -0.05) is 159 Å². The highest BCUT2D eigenvalue weighted by Crippen LogP contribution is 2.41. The fourth-order valence-corrected chi connectivity index (χ4v) is 16.1. The van der Waals surface area contributed by atoms with Crippen LogP contribution in [0.1, 0.15) is 106 Å². The molecule has 0 bridgehead atoms. The number of hydrogen-bond acceptors (Lipinski definition) is 24. The third-order valence-corrected chi connectivity index (χ3v) is 22.4. The number of fused-ring (bicyclic) bond motifs is 4. The van der Waals surface area contributed by atoms with Crippen molar-refractivity contribution in [1.82, 2.24) is 58.1 Å². The lowest BCUT2D eigenvalue weighted by Crippen LogP contribution is -2.27. The fourth-order valence-electron chi connectivity index (χ4n) is 15.1. The third kappa shape index (κ3) is 19.3. The van der Waals surface area contributed by atoms with Crippen LogP contribution in [0.15, 0.2) is 213 Å². The average molecular weight is 1850 g/mol. The molecule has 0 spiro atoms. The molecule has 0 aliphatic rings. The van der Waals surface area contributed by atoms with E-state index in [1.54, 1.807) is 69.8 Å². The van der Waals surface area contributed by atoms with E-state index in [1.807, 2.05) is 126 Å². The zero-order valence-corrected chi connectivity index (χ0v) is 73.7. The molecule has 132 heavy (non-hydrogen) atoms. The molecule has 0 saturated carbocycles. The first-order valence-electron chi connectivity index (χ1n) is 40.3. The SMILES string of the molecule is [C-]#[N+]c1c(N)nc(N)nc1N[C@@H](CC)c1cc2cccc(Cl)c2c(=O)n1-c1cc(F)cc(F)c1.[C-]#[N+]c1c(N)nc(N)nc1N[C@@H](CC)c1cc2cccc(Cl)c2c(=O)n1-c1ccc(F)cc1.[C-]#[N+]c1c(N)nc(N)nc1N[C@@H](CC)c1cc2cccc(Cl)c2c(=O)n1-c1ccccc1.[C-]#[N+]c1c(N)nc(N)nc1N[C@@H](CC)c1cc2cccc(Cl)c2c(=O)n1-c1ccccc1C. The monoisotopic (exact) mass is 1850 g/mol. The van der Waals surface area contributed by atoms with Crippen LogP contribution in [-0.4, -0.2) is 58.1 Å². The Morgan fingerprint density at radius 2 is 0.598 bits per heavy atom. The summed E-state index contributed by atoms with van der Waals surface area (Å²) in [6.07, 6.45) is 2.07. The van der Waals surface area contributed by atoms with E-state index < -0.39 is 41.1 Å². The number of pyridine rings is 4. The van der Waals surface area contributed by atoms with Crippen molar-refractivity contribution in [3.8, 4) is 22.7 Å². The number of benzene rings is 8. The normalized spacial score (nSPS) is 11.8. The van der Waals surface area contributed by atoms with Crippen molar-refractivity contribution in [3.63, 3.8) is 0 Å². The van der Waals surface area contributed by atoms with Crippen LogP contribution in [0.5, 0.6) is 0 Å². The standard InChI is InChI=1S/C24H22ClN7O.C23H18ClF2N7O.C23H19ClFN7O.C23H20ClN7O/c1-4-16(29-22-20(28-3)21(26)30-24(27)31-22)18-12-14-9-7-10-15(25)19(14)23(33)32(18)17-11-6-5-8-13(17)2;1-3-16(30-21-19(29-2)20(27)31-23(28)32-21)17-7-11-5-4-6-15(24)18(11)22(34)33(17)14-9-12(25)8-13(26)10-14;1-3-16(29-21-19(28-2)20(26)30-23(27)31-21)17-11-12-5-4-6-15(24)18(12)22(33)32(17)14-9-7-13(25)8-10-14;1-3-16(28-21-19(27-2)20(25)29-23(26)30-21)17-12-13-8-7-11-15(24)18(13)22(32)31(17)14-9-5-4-6-10-14/h5-12,16H,4H2,1-2H3,(H5,26,27,29,30,31);4-10,16H,3H2,1H3,(H5,27,28,30,31,32);4-11,16H,3H2,1H3,(H5,26,27,29,30,31);4-12,16H,3H2,1H3,(H5,25,26,28,29,30)/t4*16-/m0000/s1. The molecule has 0 fully saturated rings. The zero-order valence-electron chi connectivity index (χ0n) is 70.7. The Labute approximate surface area is 770 Å². The van der Waals surface area contributed by atoms with Gasteiger partial charge in [0.05, 0.1) is 103 Å². The predicted octanol–water partition coefficient (Wildman–Crippen LogP) is 19.6. The first-order chi connectivity index (χ1) is 63.3. The summed E-state index contributed by atoms with van der Waals surface area (Å²) in [7, 11) is 0. The van der Waals surface area contributed by atoms with Gasteiger partial charge in [-0.15, -0.1) is 0 Å². The molecule has 0 aliphatic heterocycles. The van der Waals surface area contributed by atoms with Gasteiger partial charge in [0.1, 0.15) is 64.0 Å². The highest BCUT2D eigenvalue weighted by Gasteiger charge is 2.29. The van der Waals surface area contributed by atoms with Crippen LogP contribution in [0, 0.1) is 50.7 Å². The number of para-hydroxylation sites is 2. The van der Waals surface area contributed by atoms with Gasteiger partial charge in [0.2, 0.25) is 23.8 Å². The van der Waals surface area contributed by atoms with Crippen molar-refractivity contribution >= 4 is 183 Å². The topological polar surface area (TPSA) is 465 Å². The molecular weight excluding hydrogens is 1770 g/mol. The minimum Gasteiger partial charge on any atom is -0.392 e. The lowest BCUT2D eigenvalue weighted by molar-refractivity contribution is 0.579. The van der Waals surface area contributed by atoms with E-state index in [4.69, 9.17) is 119 Å². The number of nitrogens with two attached hydrogens (primary N) is 8. The number of anilines is 12. The molecule has 32 nitrogen and oxygen atoms in total. The van der Waals surface area contributed by atoms with Gasteiger partial charge in [-0.25, -0.2) is 72.4 Å². The number of nitrogens with one attached hydrogen (secondary N) is 4. The summed E-state index contributed by atoms with van der Waals surface area (Å²) < 4.78 is 47.8. The predicted molar refractivity (Wildman–Crippen MR) is 518 cm³/mol. The van der Waals surface area contributed by atoms with E-state index >= 15 is 0 Å². The number of hydrogen-bond donors (Lipinski definition) is 12. The van der Waals surface area contributed by atoms with Crippen molar-refractivity contribution in [2.75, 3.05) is 67.1 Å². The quantitative estimate of drug-likeness (QED) is 0.0315. The fraction of sp³-hybridized carbons (Fsp3) is 0.140. The van der Waals surface area contributed by atoms with Crippen LogP contribution >= 0.6 is 46.4 Å². The van der Waals surface area contributed by atoms with Crippen LogP contribution in [0.4, 0.5) is 106 Å². The average Bonchev–Trinajstić information content (AvgIpc) is 0.766. The number of halogens is 7. The maximum atomic E-state index is 14.1. The van der Waals surface area contributed by atoms with Crippen molar-refractivity contribution in [3.05, 3.63) is 347 Å². The van der Waals surface area contributed by atoms with Gasteiger partial charge in [-0.2, -0.15) is 0 Å². The molecule has 0 saturated heterocycles. The van der Waals surface area contributed by atoms with Crippen LogP contribution in [0.3, 0.4) is 0 Å². The molecule has 16 rings (SSSR count). The van der Waals surface area contributed by atoms with Crippen molar-refractivity contribution in [2.45, 2.75) is 84.5 Å². The molecule has 664 valence electrons. The molecular formula is C93H79Cl4F3N28O4. The van der Waals surface area contributed by atoms with E-state index in [0.717, 1.165) is 34.2 Å². The molecule has 0 unspecified atom stereocenters. The van der Waals surface area contributed by atoms with Gasteiger partial charge in [-0.3, -0.25) is 37.4 Å². The van der Waals surface area contributed by atoms with Crippen LogP contribution in [0.25, 0.3) is 85.2 Å². The van der Waals surface area contributed by atoms with Crippen LogP contribution < -0.4 is 89.4 Å². The van der Waals surface area contributed by atoms with Crippen molar-refractivity contribution in [2.24, 2.45) is 0 Å². The second kappa shape index (κ2) is 40.2. The van der Waals surface area contributed by atoms with Crippen molar-refractivity contribution < 1.29 is 13.2 Å². The number of aryl methyl sites for hydroxylation is 1.